The molecule has 0 radical (unpaired) electrons. The largest absolute Gasteiger partial charge is 0.481 e. The topological polar surface area (TPSA) is 37.3 Å². The predicted octanol–water partition coefficient (Wildman–Crippen LogP) is 3.27. The SMILES string of the molecule is CCC(Cc1ccccc1)(C(=O)O)C(F)(F)F. The fourth-order valence-corrected chi connectivity index (χ4v) is 1.72. The van der Waals surface area contributed by atoms with Crippen molar-refractivity contribution in [2.45, 2.75) is 25.9 Å². The first-order valence-corrected chi connectivity index (χ1v) is 5.17. The Hall–Kier alpha value is -1.52. The van der Waals surface area contributed by atoms with Crippen LogP contribution in [-0.2, 0) is 11.2 Å². The molecule has 1 aromatic rings. The second-order valence-electron chi connectivity index (χ2n) is 3.90. The van der Waals surface area contributed by atoms with E-state index >= 15 is 0 Å². The summed E-state index contributed by atoms with van der Waals surface area (Å²) < 4.78 is 38.8. The molecule has 0 aliphatic carbocycles. The maximum atomic E-state index is 12.9. The van der Waals surface area contributed by atoms with Crippen molar-refractivity contribution >= 4 is 5.97 Å². The van der Waals surface area contributed by atoms with Crippen LogP contribution in [0.25, 0.3) is 0 Å². The molecule has 1 aromatic carbocycles. The van der Waals surface area contributed by atoms with Crippen molar-refractivity contribution in [1.82, 2.24) is 0 Å². The van der Waals surface area contributed by atoms with E-state index in [1.54, 1.807) is 18.2 Å². The minimum absolute atomic E-state index is 0.370. The Morgan fingerprint density at radius 2 is 1.76 bits per heavy atom. The molecule has 0 bridgehead atoms. The lowest BCUT2D eigenvalue weighted by molar-refractivity contribution is -0.232. The van der Waals surface area contributed by atoms with Crippen molar-refractivity contribution in [3.05, 3.63) is 35.9 Å². The summed E-state index contributed by atoms with van der Waals surface area (Å²) in [6.07, 6.45) is -5.78. The quantitative estimate of drug-likeness (QED) is 0.885. The average Bonchev–Trinajstić information content (AvgIpc) is 2.25. The molecule has 0 spiro atoms. The third-order valence-electron chi connectivity index (χ3n) is 2.90. The highest BCUT2D eigenvalue weighted by molar-refractivity contribution is 5.76. The highest BCUT2D eigenvalue weighted by atomic mass is 19.4. The van der Waals surface area contributed by atoms with E-state index in [4.69, 9.17) is 5.11 Å². The summed E-state index contributed by atoms with van der Waals surface area (Å²) >= 11 is 0. The van der Waals surface area contributed by atoms with E-state index < -0.39 is 30.4 Å². The standard InChI is InChI=1S/C12H13F3O2/c1-2-11(10(16)17,12(13,14)15)8-9-6-4-3-5-7-9/h3-7H,2,8H2,1H3,(H,16,17). The van der Waals surface area contributed by atoms with Gasteiger partial charge in [0.1, 0.15) is 0 Å². The molecule has 0 aromatic heterocycles. The van der Waals surface area contributed by atoms with E-state index in [2.05, 4.69) is 0 Å². The Balaban J connectivity index is 3.13. The minimum Gasteiger partial charge on any atom is -0.481 e. The number of aliphatic carboxylic acids is 1. The Morgan fingerprint density at radius 3 is 2.12 bits per heavy atom. The lowest BCUT2D eigenvalue weighted by Crippen LogP contribution is -2.46. The van der Waals surface area contributed by atoms with E-state index in [1.165, 1.54) is 19.1 Å². The van der Waals surface area contributed by atoms with Crippen LogP contribution in [0.3, 0.4) is 0 Å². The number of hydrogen-bond acceptors (Lipinski definition) is 1. The number of carbonyl (C=O) groups is 1. The van der Waals surface area contributed by atoms with E-state index in [9.17, 15) is 18.0 Å². The lowest BCUT2D eigenvalue weighted by Gasteiger charge is -2.30. The Bertz CT molecular complexity index is 386. The van der Waals surface area contributed by atoms with Gasteiger partial charge in [-0.2, -0.15) is 13.2 Å². The summed E-state index contributed by atoms with van der Waals surface area (Å²) in [7, 11) is 0. The molecule has 0 aliphatic heterocycles. The molecule has 0 fully saturated rings. The number of alkyl halides is 3. The van der Waals surface area contributed by atoms with Crippen molar-refractivity contribution in [3.63, 3.8) is 0 Å². The number of carboxylic acids is 1. The zero-order valence-electron chi connectivity index (χ0n) is 9.29. The molecule has 1 rings (SSSR count). The average molecular weight is 246 g/mol. The molecular formula is C12H13F3O2. The van der Waals surface area contributed by atoms with E-state index in [1.807, 2.05) is 0 Å². The van der Waals surface area contributed by atoms with Gasteiger partial charge in [-0.05, 0) is 18.4 Å². The van der Waals surface area contributed by atoms with Gasteiger partial charge in [0.2, 0.25) is 0 Å². The Morgan fingerprint density at radius 1 is 1.24 bits per heavy atom. The molecule has 0 saturated carbocycles. The molecule has 0 amide bonds. The molecule has 1 N–H and O–H groups in total. The Kier molecular flexibility index (Phi) is 3.80. The van der Waals surface area contributed by atoms with Crippen LogP contribution in [0, 0.1) is 5.41 Å². The number of rotatable bonds is 4. The minimum atomic E-state index is -4.76. The van der Waals surface area contributed by atoms with Gasteiger partial charge in [-0.1, -0.05) is 37.3 Å². The van der Waals surface area contributed by atoms with Crippen molar-refractivity contribution < 1.29 is 23.1 Å². The summed E-state index contributed by atoms with van der Waals surface area (Å²) in [6.45, 7) is 1.24. The highest BCUT2D eigenvalue weighted by Gasteiger charge is 2.59. The van der Waals surface area contributed by atoms with Crippen molar-refractivity contribution in [2.75, 3.05) is 0 Å². The predicted molar refractivity (Wildman–Crippen MR) is 56.6 cm³/mol. The number of carboxylic acid groups (broad SMARTS) is 1. The zero-order valence-corrected chi connectivity index (χ0v) is 9.29. The summed E-state index contributed by atoms with van der Waals surface area (Å²) in [5.41, 5.74) is -2.33. The molecule has 5 heteroatoms. The van der Waals surface area contributed by atoms with E-state index in [-0.39, 0.29) is 0 Å². The van der Waals surface area contributed by atoms with Crippen LogP contribution in [0.1, 0.15) is 18.9 Å². The van der Waals surface area contributed by atoms with Crippen LogP contribution in [0.2, 0.25) is 0 Å². The van der Waals surface area contributed by atoms with Crippen LogP contribution in [-0.4, -0.2) is 17.3 Å². The number of benzene rings is 1. The summed E-state index contributed by atoms with van der Waals surface area (Å²) in [5.74, 6) is -1.82. The fourth-order valence-electron chi connectivity index (χ4n) is 1.72. The third-order valence-corrected chi connectivity index (χ3v) is 2.90. The number of halogens is 3. The van der Waals surface area contributed by atoms with Crippen LogP contribution < -0.4 is 0 Å². The number of hydrogen-bond donors (Lipinski definition) is 1. The first-order chi connectivity index (χ1) is 7.83. The van der Waals surface area contributed by atoms with Crippen LogP contribution >= 0.6 is 0 Å². The molecular weight excluding hydrogens is 233 g/mol. The van der Waals surface area contributed by atoms with Gasteiger partial charge in [0.15, 0.2) is 5.41 Å². The van der Waals surface area contributed by atoms with Gasteiger partial charge in [0.25, 0.3) is 0 Å². The molecule has 0 heterocycles. The fraction of sp³-hybridized carbons (Fsp3) is 0.417. The molecule has 1 unspecified atom stereocenters. The van der Waals surface area contributed by atoms with Crippen LogP contribution in [0.15, 0.2) is 30.3 Å². The van der Waals surface area contributed by atoms with Gasteiger partial charge < -0.3 is 5.11 Å². The van der Waals surface area contributed by atoms with Gasteiger partial charge in [0.05, 0.1) is 0 Å². The van der Waals surface area contributed by atoms with Gasteiger partial charge in [-0.15, -0.1) is 0 Å². The lowest BCUT2D eigenvalue weighted by atomic mass is 9.78. The van der Waals surface area contributed by atoms with Gasteiger partial charge >= 0.3 is 12.1 Å². The molecule has 0 saturated heterocycles. The van der Waals surface area contributed by atoms with Crippen molar-refractivity contribution in [1.29, 1.82) is 0 Å². The van der Waals surface area contributed by atoms with Crippen molar-refractivity contribution in [3.8, 4) is 0 Å². The molecule has 1 atom stereocenters. The maximum Gasteiger partial charge on any atom is 0.405 e. The summed E-state index contributed by atoms with van der Waals surface area (Å²) in [4.78, 5) is 11.0. The van der Waals surface area contributed by atoms with Crippen LogP contribution in [0.4, 0.5) is 13.2 Å². The second-order valence-corrected chi connectivity index (χ2v) is 3.90. The first-order valence-electron chi connectivity index (χ1n) is 5.17. The van der Waals surface area contributed by atoms with E-state index in [0.717, 1.165) is 0 Å². The maximum absolute atomic E-state index is 12.9. The van der Waals surface area contributed by atoms with Gasteiger partial charge in [-0.25, -0.2) is 0 Å². The third kappa shape index (κ3) is 2.60. The second kappa shape index (κ2) is 4.77. The summed E-state index contributed by atoms with van der Waals surface area (Å²) in [6, 6.07) is 7.85. The molecule has 94 valence electrons. The van der Waals surface area contributed by atoms with Crippen LogP contribution in [0.5, 0.6) is 0 Å². The smallest absolute Gasteiger partial charge is 0.405 e. The first kappa shape index (κ1) is 13.5. The zero-order chi connectivity index (χ0) is 13.1. The normalized spacial score (nSPS) is 15.3. The Labute approximate surface area is 97.1 Å². The molecule has 17 heavy (non-hydrogen) atoms. The highest BCUT2D eigenvalue weighted by Crippen LogP contribution is 2.44. The molecule has 0 aliphatic rings. The van der Waals surface area contributed by atoms with Gasteiger partial charge in [-0.3, -0.25) is 4.79 Å². The molecule has 2 nitrogen and oxygen atoms in total. The van der Waals surface area contributed by atoms with Crippen molar-refractivity contribution in [2.24, 2.45) is 5.41 Å². The van der Waals surface area contributed by atoms with Gasteiger partial charge in [0, 0.05) is 0 Å². The van der Waals surface area contributed by atoms with E-state index in [0.29, 0.717) is 5.56 Å². The summed E-state index contributed by atoms with van der Waals surface area (Å²) in [5, 5.41) is 8.90. The monoisotopic (exact) mass is 246 g/mol.